The topological polar surface area (TPSA) is 0 Å². The van der Waals surface area contributed by atoms with Crippen LogP contribution in [-0.2, 0) is 0 Å². The van der Waals surface area contributed by atoms with E-state index in [1.54, 1.807) is 0 Å². The summed E-state index contributed by atoms with van der Waals surface area (Å²) in [5, 5.41) is 0. The highest BCUT2D eigenvalue weighted by molar-refractivity contribution is 5.32. The van der Waals surface area contributed by atoms with E-state index < -0.39 is 0 Å². The van der Waals surface area contributed by atoms with E-state index in [1.807, 2.05) is 0 Å². The number of benzene rings is 2. The minimum Gasteiger partial charge on any atom is -0.0654 e. The Morgan fingerprint density at radius 3 is 1.62 bits per heavy atom. The molecule has 0 aliphatic heterocycles. The van der Waals surface area contributed by atoms with Crippen molar-refractivity contribution in [3.05, 3.63) is 71.8 Å². The van der Waals surface area contributed by atoms with E-state index in [-0.39, 0.29) is 0 Å². The van der Waals surface area contributed by atoms with Crippen LogP contribution in [-0.4, -0.2) is 0 Å². The largest absolute Gasteiger partial charge is 0.0654 e. The third-order valence-electron chi connectivity index (χ3n) is 4.25. The van der Waals surface area contributed by atoms with Crippen molar-refractivity contribution in [2.75, 3.05) is 0 Å². The van der Waals surface area contributed by atoms with Crippen LogP contribution in [0, 0.1) is 0 Å². The summed E-state index contributed by atoms with van der Waals surface area (Å²) in [4.78, 5) is 0. The van der Waals surface area contributed by atoms with E-state index in [0.717, 1.165) is 0 Å². The van der Waals surface area contributed by atoms with Gasteiger partial charge in [0.15, 0.2) is 0 Å². The molecule has 2 rings (SSSR count). The van der Waals surface area contributed by atoms with Gasteiger partial charge in [0.1, 0.15) is 0 Å². The van der Waals surface area contributed by atoms with Gasteiger partial charge in [0, 0.05) is 5.92 Å². The average Bonchev–Trinajstić information content (AvgIpc) is 2.56. The summed E-state index contributed by atoms with van der Waals surface area (Å²) in [6, 6.07) is 21.9. The second kappa shape index (κ2) is 9.39. The zero-order valence-corrected chi connectivity index (χ0v) is 13.3. The van der Waals surface area contributed by atoms with Crippen LogP contribution in [0.5, 0.6) is 0 Å². The molecular formula is C21H28. The highest BCUT2D eigenvalue weighted by Gasteiger charge is 2.12. The van der Waals surface area contributed by atoms with E-state index in [4.69, 9.17) is 0 Å². The third kappa shape index (κ3) is 5.38. The molecule has 112 valence electrons. The molecule has 0 bridgehead atoms. The Morgan fingerprint density at radius 2 is 1.10 bits per heavy atom. The smallest absolute Gasteiger partial charge is 0.00893 e. The summed E-state index contributed by atoms with van der Waals surface area (Å²) >= 11 is 0. The SMILES string of the molecule is CCCCCCCCC(c1ccccc1)c1ccccc1. The van der Waals surface area contributed by atoms with Crippen molar-refractivity contribution in [2.45, 2.75) is 57.8 Å². The quantitative estimate of drug-likeness (QED) is 0.456. The average molecular weight is 280 g/mol. The van der Waals surface area contributed by atoms with Gasteiger partial charge in [-0.25, -0.2) is 0 Å². The van der Waals surface area contributed by atoms with Crippen LogP contribution in [0.15, 0.2) is 60.7 Å². The fourth-order valence-corrected chi connectivity index (χ4v) is 3.03. The van der Waals surface area contributed by atoms with Gasteiger partial charge in [0.05, 0.1) is 0 Å². The van der Waals surface area contributed by atoms with Crippen molar-refractivity contribution in [3.63, 3.8) is 0 Å². The van der Waals surface area contributed by atoms with Crippen molar-refractivity contribution in [1.82, 2.24) is 0 Å². The van der Waals surface area contributed by atoms with Crippen LogP contribution < -0.4 is 0 Å². The van der Waals surface area contributed by atoms with E-state index in [9.17, 15) is 0 Å². The van der Waals surface area contributed by atoms with Crippen molar-refractivity contribution in [3.8, 4) is 0 Å². The standard InChI is InChI=1S/C21H28/c1-2-3-4-5-6-13-18-21(19-14-9-7-10-15-19)20-16-11-8-12-17-20/h7-12,14-17,21H,2-6,13,18H2,1H3. The molecule has 0 radical (unpaired) electrons. The van der Waals surface area contributed by atoms with Gasteiger partial charge in [-0.2, -0.15) is 0 Å². The van der Waals surface area contributed by atoms with Crippen LogP contribution in [0.2, 0.25) is 0 Å². The van der Waals surface area contributed by atoms with Crippen LogP contribution in [0.3, 0.4) is 0 Å². The first-order valence-corrected chi connectivity index (χ1v) is 8.51. The second-order valence-corrected chi connectivity index (χ2v) is 5.93. The summed E-state index contributed by atoms with van der Waals surface area (Å²) in [7, 11) is 0. The first-order chi connectivity index (χ1) is 10.4. The number of hydrogen-bond donors (Lipinski definition) is 0. The molecule has 0 nitrogen and oxygen atoms in total. The van der Waals surface area contributed by atoms with Gasteiger partial charge in [0.25, 0.3) is 0 Å². The molecule has 0 atom stereocenters. The molecule has 2 aromatic carbocycles. The van der Waals surface area contributed by atoms with Crippen LogP contribution in [0.1, 0.15) is 68.9 Å². The lowest BCUT2D eigenvalue weighted by Gasteiger charge is -2.18. The van der Waals surface area contributed by atoms with Gasteiger partial charge >= 0.3 is 0 Å². The first-order valence-electron chi connectivity index (χ1n) is 8.51. The highest BCUT2D eigenvalue weighted by Crippen LogP contribution is 2.29. The van der Waals surface area contributed by atoms with E-state index >= 15 is 0 Å². The number of hydrogen-bond acceptors (Lipinski definition) is 0. The minimum atomic E-state index is 0.554. The molecule has 0 spiro atoms. The lowest BCUT2D eigenvalue weighted by atomic mass is 9.87. The molecule has 0 aliphatic carbocycles. The monoisotopic (exact) mass is 280 g/mol. The summed E-state index contributed by atoms with van der Waals surface area (Å²) in [5.41, 5.74) is 2.91. The Kier molecular flexibility index (Phi) is 7.07. The maximum atomic E-state index is 2.28. The molecule has 0 saturated carbocycles. The Morgan fingerprint density at radius 1 is 0.619 bits per heavy atom. The van der Waals surface area contributed by atoms with Gasteiger partial charge in [0.2, 0.25) is 0 Å². The van der Waals surface area contributed by atoms with E-state index in [1.165, 1.54) is 56.1 Å². The molecule has 2 aromatic rings. The fraction of sp³-hybridized carbons (Fsp3) is 0.429. The maximum Gasteiger partial charge on any atom is 0.00893 e. The van der Waals surface area contributed by atoms with Crippen molar-refractivity contribution in [1.29, 1.82) is 0 Å². The molecule has 0 saturated heterocycles. The zero-order valence-electron chi connectivity index (χ0n) is 13.3. The predicted octanol–water partition coefficient (Wildman–Crippen LogP) is 6.57. The minimum absolute atomic E-state index is 0.554. The molecule has 0 unspecified atom stereocenters. The van der Waals surface area contributed by atoms with Crippen molar-refractivity contribution in [2.24, 2.45) is 0 Å². The van der Waals surface area contributed by atoms with Gasteiger partial charge in [-0.05, 0) is 17.5 Å². The summed E-state index contributed by atoms with van der Waals surface area (Å²) in [5.74, 6) is 0.554. The molecule has 21 heavy (non-hydrogen) atoms. The molecular weight excluding hydrogens is 252 g/mol. The molecule has 0 heterocycles. The van der Waals surface area contributed by atoms with Crippen molar-refractivity contribution >= 4 is 0 Å². The number of unbranched alkanes of at least 4 members (excludes halogenated alkanes) is 5. The number of rotatable bonds is 9. The predicted molar refractivity (Wildman–Crippen MR) is 92.7 cm³/mol. The van der Waals surface area contributed by atoms with Gasteiger partial charge in [-0.1, -0.05) is 106 Å². The van der Waals surface area contributed by atoms with Gasteiger partial charge < -0.3 is 0 Å². The maximum absolute atomic E-state index is 2.28. The van der Waals surface area contributed by atoms with Gasteiger partial charge in [-0.3, -0.25) is 0 Å². The van der Waals surface area contributed by atoms with Gasteiger partial charge in [-0.15, -0.1) is 0 Å². The fourth-order valence-electron chi connectivity index (χ4n) is 3.03. The lowest BCUT2D eigenvalue weighted by Crippen LogP contribution is -2.01. The highest BCUT2D eigenvalue weighted by atomic mass is 14.2. The summed E-state index contributed by atoms with van der Waals surface area (Å²) in [6.45, 7) is 2.28. The molecule has 0 amide bonds. The summed E-state index contributed by atoms with van der Waals surface area (Å²) in [6.07, 6.45) is 9.48. The lowest BCUT2D eigenvalue weighted by molar-refractivity contribution is 0.568. The Balaban J connectivity index is 1.94. The Labute approximate surface area is 130 Å². The van der Waals surface area contributed by atoms with Crippen LogP contribution in [0.25, 0.3) is 0 Å². The molecule has 0 aliphatic rings. The second-order valence-electron chi connectivity index (χ2n) is 5.93. The molecule has 0 heteroatoms. The van der Waals surface area contributed by atoms with Crippen LogP contribution in [0.4, 0.5) is 0 Å². The zero-order chi connectivity index (χ0) is 14.8. The molecule has 0 fully saturated rings. The first kappa shape index (κ1) is 15.8. The van der Waals surface area contributed by atoms with Crippen LogP contribution >= 0.6 is 0 Å². The van der Waals surface area contributed by atoms with E-state index in [0.29, 0.717) is 5.92 Å². The van der Waals surface area contributed by atoms with Crippen molar-refractivity contribution < 1.29 is 0 Å². The van der Waals surface area contributed by atoms with E-state index in [2.05, 4.69) is 67.6 Å². The normalized spacial score (nSPS) is 11.0. The molecule has 0 aromatic heterocycles. The Hall–Kier alpha value is -1.56. The third-order valence-corrected chi connectivity index (χ3v) is 4.25. The summed E-state index contributed by atoms with van der Waals surface area (Å²) < 4.78 is 0. The Bertz CT molecular complexity index is 432. The molecule has 0 N–H and O–H groups in total.